The van der Waals surface area contributed by atoms with Gasteiger partial charge in [0.1, 0.15) is 0 Å². The molecule has 0 radical (unpaired) electrons. The van der Waals surface area contributed by atoms with Crippen LogP contribution in [0.15, 0.2) is 140 Å². The van der Waals surface area contributed by atoms with Gasteiger partial charge in [-0.25, -0.2) is 19.9 Å². The molecule has 3 aromatic heterocycles. The number of para-hydroxylation sites is 1. The minimum atomic E-state index is -0.180. The van der Waals surface area contributed by atoms with E-state index in [9.17, 15) is 0 Å². The van der Waals surface area contributed by atoms with Gasteiger partial charge in [-0.3, -0.25) is 4.57 Å². The lowest BCUT2D eigenvalue weighted by Crippen LogP contribution is -2.16. The molecule has 3 heterocycles. The Morgan fingerprint density at radius 2 is 1.17 bits per heavy atom. The van der Waals surface area contributed by atoms with Crippen LogP contribution >= 0.6 is 0 Å². The van der Waals surface area contributed by atoms with Crippen molar-refractivity contribution in [1.82, 2.24) is 24.5 Å². The zero-order valence-corrected chi connectivity index (χ0v) is 25.5. The molecule has 1 aliphatic rings. The summed E-state index contributed by atoms with van der Waals surface area (Å²) in [5.41, 5.74) is 11.7. The first kappa shape index (κ1) is 26.5. The zero-order chi connectivity index (χ0) is 30.8. The van der Waals surface area contributed by atoms with E-state index in [4.69, 9.17) is 19.9 Å². The van der Waals surface area contributed by atoms with E-state index in [-0.39, 0.29) is 5.41 Å². The molecule has 8 aromatic rings. The largest absolute Gasteiger partial charge is 0.278 e. The molecule has 0 fully saturated rings. The second kappa shape index (κ2) is 10.0. The van der Waals surface area contributed by atoms with Crippen molar-refractivity contribution < 1.29 is 0 Å². The Labute approximate surface area is 266 Å². The Bertz CT molecular complexity index is 2370. The molecule has 0 bridgehead atoms. The van der Waals surface area contributed by atoms with Gasteiger partial charge < -0.3 is 0 Å². The molecule has 46 heavy (non-hydrogen) atoms. The van der Waals surface area contributed by atoms with E-state index in [0.717, 1.165) is 39.1 Å². The number of rotatable bonds is 4. The fourth-order valence-electron chi connectivity index (χ4n) is 7.16. The van der Waals surface area contributed by atoms with Crippen LogP contribution < -0.4 is 0 Å². The molecule has 0 amide bonds. The lowest BCUT2D eigenvalue weighted by atomic mass is 9.81. The van der Waals surface area contributed by atoms with E-state index in [1.807, 2.05) is 67.0 Å². The van der Waals surface area contributed by atoms with Gasteiger partial charge in [-0.2, -0.15) is 0 Å². The molecule has 0 aliphatic heterocycles. The summed E-state index contributed by atoms with van der Waals surface area (Å²) in [6.45, 7) is 4.65. The molecule has 0 atom stereocenters. The molecule has 5 nitrogen and oxygen atoms in total. The van der Waals surface area contributed by atoms with E-state index in [1.165, 1.54) is 33.0 Å². The van der Waals surface area contributed by atoms with Crippen LogP contribution in [-0.4, -0.2) is 24.5 Å². The van der Waals surface area contributed by atoms with Crippen molar-refractivity contribution in [2.45, 2.75) is 19.3 Å². The van der Waals surface area contributed by atoms with Crippen LogP contribution in [0.1, 0.15) is 25.0 Å². The fourth-order valence-corrected chi connectivity index (χ4v) is 7.16. The number of fused-ring (bicyclic) bond motifs is 7. The second-order valence-electron chi connectivity index (χ2n) is 12.4. The monoisotopic (exact) mass is 591 g/mol. The Morgan fingerprint density at radius 3 is 1.93 bits per heavy atom. The molecule has 0 saturated heterocycles. The smallest absolute Gasteiger partial charge is 0.234 e. The van der Waals surface area contributed by atoms with Gasteiger partial charge in [-0.15, -0.1) is 0 Å². The van der Waals surface area contributed by atoms with Gasteiger partial charge in [-0.1, -0.05) is 129 Å². The average Bonchev–Trinajstić information content (AvgIpc) is 3.57. The van der Waals surface area contributed by atoms with Crippen molar-refractivity contribution in [2.75, 3.05) is 0 Å². The summed E-state index contributed by atoms with van der Waals surface area (Å²) in [6, 6.07) is 44.2. The predicted octanol–water partition coefficient (Wildman–Crippen LogP) is 9.67. The van der Waals surface area contributed by atoms with Gasteiger partial charge >= 0.3 is 0 Å². The molecular formula is C41H29N5. The van der Waals surface area contributed by atoms with Crippen molar-refractivity contribution in [2.24, 2.45) is 0 Å². The normalized spacial score (nSPS) is 13.2. The molecule has 1 aliphatic carbocycles. The lowest BCUT2D eigenvalue weighted by Gasteiger charge is -2.23. The minimum absolute atomic E-state index is 0.180. The first-order valence-corrected chi connectivity index (χ1v) is 15.6. The van der Waals surface area contributed by atoms with Crippen LogP contribution in [0.4, 0.5) is 0 Å². The Morgan fingerprint density at radius 1 is 0.543 bits per heavy atom. The Kier molecular flexibility index (Phi) is 5.78. The molecule has 218 valence electrons. The molecule has 5 aromatic carbocycles. The van der Waals surface area contributed by atoms with Crippen LogP contribution in [0.2, 0.25) is 0 Å². The quantitative estimate of drug-likeness (QED) is 0.204. The van der Waals surface area contributed by atoms with Gasteiger partial charge in [-0.05, 0) is 34.4 Å². The maximum atomic E-state index is 5.02. The second-order valence-corrected chi connectivity index (χ2v) is 12.4. The summed E-state index contributed by atoms with van der Waals surface area (Å²) in [4.78, 5) is 19.9. The van der Waals surface area contributed by atoms with Crippen molar-refractivity contribution in [3.8, 4) is 51.0 Å². The topological polar surface area (TPSA) is 56.5 Å². The van der Waals surface area contributed by atoms with Crippen LogP contribution in [0.25, 0.3) is 72.8 Å². The number of nitrogens with zero attached hydrogens (tertiary/aromatic N) is 5. The third-order valence-corrected chi connectivity index (χ3v) is 9.31. The van der Waals surface area contributed by atoms with Gasteiger partial charge in [0.2, 0.25) is 5.95 Å². The number of hydrogen-bond acceptors (Lipinski definition) is 4. The Balaban J connectivity index is 1.23. The molecule has 5 heteroatoms. The molecular weight excluding hydrogens is 562 g/mol. The highest BCUT2D eigenvalue weighted by Crippen LogP contribution is 2.52. The highest BCUT2D eigenvalue weighted by atomic mass is 15.2. The maximum absolute atomic E-state index is 5.02. The van der Waals surface area contributed by atoms with Crippen LogP contribution in [-0.2, 0) is 5.41 Å². The van der Waals surface area contributed by atoms with Crippen molar-refractivity contribution >= 4 is 21.8 Å². The maximum Gasteiger partial charge on any atom is 0.234 e. The van der Waals surface area contributed by atoms with Gasteiger partial charge in [0.05, 0.1) is 22.4 Å². The van der Waals surface area contributed by atoms with Crippen molar-refractivity contribution in [3.63, 3.8) is 0 Å². The van der Waals surface area contributed by atoms with Gasteiger partial charge in [0.25, 0.3) is 0 Å². The first-order chi connectivity index (χ1) is 22.6. The van der Waals surface area contributed by atoms with Crippen molar-refractivity contribution in [3.05, 3.63) is 151 Å². The van der Waals surface area contributed by atoms with Crippen LogP contribution in [0.3, 0.4) is 0 Å². The van der Waals surface area contributed by atoms with Gasteiger partial charge in [0, 0.05) is 45.3 Å². The summed E-state index contributed by atoms with van der Waals surface area (Å²) in [5, 5.41) is 2.40. The third kappa shape index (κ3) is 3.95. The van der Waals surface area contributed by atoms with E-state index in [1.54, 1.807) is 0 Å². The van der Waals surface area contributed by atoms with Crippen LogP contribution in [0, 0.1) is 0 Å². The molecule has 0 unspecified atom stereocenters. The fraction of sp³-hybridized carbons (Fsp3) is 0.0732. The summed E-state index contributed by atoms with van der Waals surface area (Å²) < 4.78 is 2.24. The molecule has 9 rings (SSSR count). The molecule has 0 N–H and O–H groups in total. The van der Waals surface area contributed by atoms with E-state index >= 15 is 0 Å². The van der Waals surface area contributed by atoms with E-state index in [0.29, 0.717) is 11.8 Å². The summed E-state index contributed by atoms with van der Waals surface area (Å²) in [5.74, 6) is 1.30. The van der Waals surface area contributed by atoms with E-state index < -0.39 is 0 Å². The first-order valence-electron chi connectivity index (χ1n) is 15.6. The van der Waals surface area contributed by atoms with E-state index in [2.05, 4.69) is 91.2 Å². The van der Waals surface area contributed by atoms with Gasteiger partial charge in [0.15, 0.2) is 5.82 Å². The standard InChI is InChI=1S/C41H29N5/c1-41(2)33-19-11-9-17-29(33)31-21-22-32-30-18-10-12-20-36(30)46(38(32)37(31)41)40-42-24-28(25-43-40)35-23-34(26-13-5-3-6-14-26)44-39(45-35)27-15-7-4-8-16-27/h3-25H,1-2H3. The SMILES string of the molecule is CC1(C)c2ccccc2-c2ccc3c4ccccc4n(-c4ncc(-c5cc(-c6ccccc6)nc(-c6ccccc6)n5)cn4)c3c21. The average molecular weight is 592 g/mol. The number of benzene rings is 5. The lowest BCUT2D eigenvalue weighted by molar-refractivity contribution is 0.663. The molecule has 0 saturated carbocycles. The highest BCUT2D eigenvalue weighted by Gasteiger charge is 2.38. The summed E-state index contributed by atoms with van der Waals surface area (Å²) >= 11 is 0. The predicted molar refractivity (Wildman–Crippen MR) is 186 cm³/mol. The minimum Gasteiger partial charge on any atom is -0.278 e. The highest BCUT2D eigenvalue weighted by molar-refractivity contribution is 6.12. The molecule has 0 spiro atoms. The number of aromatic nitrogens is 5. The number of hydrogen-bond donors (Lipinski definition) is 0. The zero-order valence-electron chi connectivity index (χ0n) is 25.5. The summed E-state index contributed by atoms with van der Waals surface area (Å²) in [6.07, 6.45) is 3.77. The van der Waals surface area contributed by atoms with Crippen LogP contribution in [0.5, 0.6) is 0 Å². The third-order valence-electron chi connectivity index (χ3n) is 9.31. The Hall–Kier alpha value is -5.94. The summed E-state index contributed by atoms with van der Waals surface area (Å²) in [7, 11) is 0. The van der Waals surface area contributed by atoms with Crippen molar-refractivity contribution in [1.29, 1.82) is 0 Å².